The number of hydrogen-bond donors (Lipinski definition) is 2. The Balaban J connectivity index is 1.83. The van der Waals surface area contributed by atoms with Gasteiger partial charge in [-0.25, -0.2) is 0 Å². The Morgan fingerprint density at radius 3 is 2.70 bits per heavy atom. The van der Waals surface area contributed by atoms with Crippen LogP contribution in [0.1, 0.15) is 17.0 Å². The Bertz CT molecular complexity index is 731. The van der Waals surface area contributed by atoms with Crippen molar-refractivity contribution >= 4 is 17.0 Å². The molecule has 1 aromatic carbocycles. The van der Waals surface area contributed by atoms with Crippen molar-refractivity contribution in [2.45, 2.75) is 13.3 Å². The molecule has 0 bridgehead atoms. The number of nitrogen functional groups attached to an aromatic ring is 1. The van der Waals surface area contributed by atoms with Gasteiger partial charge in [-0.15, -0.1) is 11.3 Å². The number of hydrogen-bond acceptors (Lipinski definition) is 6. The van der Waals surface area contributed by atoms with Gasteiger partial charge in [0.1, 0.15) is 10.6 Å². The summed E-state index contributed by atoms with van der Waals surface area (Å²) in [6.07, 6.45) is 0.550. The molecule has 0 saturated heterocycles. The highest BCUT2D eigenvalue weighted by Crippen LogP contribution is 2.33. The van der Waals surface area contributed by atoms with E-state index in [0.717, 1.165) is 16.0 Å². The van der Waals surface area contributed by atoms with Crippen LogP contribution in [-0.4, -0.2) is 15.2 Å². The Kier molecular flexibility index (Phi) is 3.15. The van der Waals surface area contributed by atoms with Crippen LogP contribution in [0.3, 0.4) is 0 Å². The first-order valence-electron chi connectivity index (χ1n) is 6.08. The molecule has 3 aromatic rings. The largest absolute Gasteiger partial charge is 0.508 e. The van der Waals surface area contributed by atoms with Crippen molar-refractivity contribution in [2.24, 2.45) is 0 Å². The molecule has 3 N–H and O–H groups in total. The standard InChI is InChI=1S/C14H13N3O2S/c1-8-7-20-13(12(8)15)14-16-11(17-19-14)6-9-2-4-10(18)5-3-9/h2-5,7,18H,6,15H2,1H3. The SMILES string of the molecule is Cc1csc(-c2nc(Cc3ccc(O)cc3)no2)c1N. The van der Waals surface area contributed by atoms with Crippen LogP contribution in [-0.2, 0) is 6.42 Å². The first-order chi connectivity index (χ1) is 9.63. The molecule has 0 aliphatic heterocycles. The van der Waals surface area contributed by atoms with E-state index in [2.05, 4.69) is 10.1 Å². The lowest BCUT2D eigenvalue weighted by Gasteiger charge is -1.96. The summed E-state index contributed by atoms with van der Waals surface area (Å²) in [5.41, 5.74) is 8.68. The summed E-state index contributed by atoms with van der Waals surface area (Å²) in [5, 5.41) is 15.2. The minimum Gasteiger partial charge on any atom is -0.508 e. The number of nitrogens with zero attached hydrogens (tertiary/aromatic N) is 2. The Morgan fingerprint density at radius 2 is 2.05 bits per heavy atom. The molecule has 2 heterocycles. The molecule has 0 spiro atoms. The Hall–Kier alpha value is -2.34. The second kappa shape index (κ2) is 4.97. The quantitative estimate of drug-likeness (QED) is 0.773. The highest BCUT2D eigenvalue weighted by atomic mass is 32.1. The Labute approximate surface area is 119 Å². The van der Waals surface area contributed by atoms with Gasteiger partial charge in [-0.3, -0.25) is 0 Å². The molecule has 20 heavy (non-hydrogen) atoms. The van der Waals surface area contributed by atoms with Gasteiger partial charge in [-0.2, -0.15) is 4.98 Å². The number of phenolic OH excluding ortho intramolecular Hbond substituents is 1. The van der Waals surface area contributed by atoms with Crippen LogP contribution >= 0.6 is 11.3 Å². The van der Waals surface area contributed by atoms with Gasteiger partial charge >= 0.3 is 0 Å². The summed E-state index contributed by atoms with van der Waals surface area (Å²) in [7, 11) is 0. The van der Waals surface area contributed by atoms with Crippen molar-refractivity contribution < 1.29 is 9.63 Å². The molecule has 0 fully saturated rings. The highest BCUT2D eigenvalue weighted by molar-refractivity contribution is 7.14. The second-order valence-corrected chi connectivity index (χ2v) is 5.40. The molecule has 0 aliphatic carbocycles. The molecule has 0 atom stereocenters. The highest BCUT2D eigenvalue weighted by Gasteiger charge is 2.15. The predicted octanol–water partition coefficient (Wildman–Crippen LogP) is 2.99. The van der Waals surface area contributed by atoms with E-state index < -0.39 is 0 Å². The van der Waals surface area contributed by atoms with Crippen molar-refractivity contribution in [1.82, 2.24) is 10.1 Å². The first kappa shape index (κ1) is 12.7. The van der Waals surface area contributed by atoms with Gasteiger partial charge in [0, 0.05) is 6.42 Å². The maximum Gasteiger partial charge on any atom is 0.270 e. The maximum atomic E-state index is 9.25. The van der Waals surface area contributed by atoms with Gasteiger partial charge in [-0.1, -0.05) is 17.3 Å². The van der Waals surface area contributed by atoms with Crippen molar-refractivity contribution in [3.63, 3.8) is 0 Å². The summed E-state index contributed by atoms with van der Waals surface area (Å²) >= 11 is 1.50. The van der Waals surface area contributed by atoms with Crippen molar-refractivity contribution in [3.05, 3.63) is 46.6 Å². The van der Waals surface area contributed by atoms with Crippen LogP contribution in [0.4, 0.5) is 5.69 Å². The third-order valence-corrected chi connectivity index (χ3v) is 4.09. The Morgan fingerprint density at radius 1 is 1.30 bits per heavy atom. The molecule has 6 heteroatoms. The summed E-state index contributed by atoms with van der Waals surface area (Å²) in [5.74, 6) is 1.29. The van der Waals surface area contributed by atoms with E-state index in [0.29, 0.717) is 23.8 Å². The summed E-state index contributed by atoms with van der Waals surface area (Å²) < 4.78 is 5.26. The smallest absolute Gasteiger partial charge is 0.270 e. The molecule has 0 radical (unpaired) electrons. The molecule has 0 aliphatic rings. The van der Waals surface area contributed by atoms with E-state index in [-0.39, 0.29) is 5.75 Å². The fourth-order valence-electron chi connectivity index (χ4n) is 1.83. The molecule has 3 rings (SSSR count). The fourth-order valence-corrected chi connectivity index (χ4v) is 2.73. The zero-order chi connectivity index (χ0) is 14.1. The summed E-state index contributed by atoms with van der Waals surface area (Å²) in [6.45, 7) is 1.95. The number of aryl methyl sites for hydroxylation is 1. The van der Waals surface area contributed by atoms with E-state index in [1.807, 2.05) is 24.4 Å². The van der Waals surface area contributed by atoms with E-state index in [1.165, 1.54) is 11.3 Å². The van der Waals surface area contributed by atoms with E-state index in [1.54, 1.807) is 12.1 Å². The first-order valence-corrected chi connectivity index (χ1v) is 6.96. The van der Waals surface area contributed by atoms with E-state index >= 15 is 0 Å². The number of aromatic nitrogens is 2. The van der Waals surface area contributed by atoms with Gasteiger partial charge < -0.3 is 15.4 Å². The van der Waals surface area contributed by atoms with Gasteiger partial charge in [0.05, 0.1) is 5.69 Å². The maximum absolute atomic E-state index is 9.25. The number of thiophene rings is 1. The summed E-state index contributed by atoms with van der Waals surface area (Å²) in [6, 6.07) is 6.93. The zero-order valence-corrected chi connectivity index (χ0v) is 11.6. The minimum atomic E-state index is 0.240. The third-order valence-electron chi connectivity index (χ3n) is 2.98. The van der Waals surface area contributed by atoms with Gasteiger partial charge in [0.15, 0.2) is 5.82 Å². The average Bonchev–Trinajstić information content (AvgIpc) is 3.01. The fraction of sp³-hybridized carbons (Fsp3) is 0.143. The van der Waals surface area contributed by atoms with E-state index in [4.69, 9.17) is 10.3 Å². The van der Waals surface area contributed by atoms with Crippen LogP contribution < -0.4 is 5.73 Å². The topological polar surface area (TPSA) is 85.2 Å². The number of nitrogens with two attached hydrogens (primary N) is 1. The van der Waals surface area contributed by atoms with Crippen molar-refractivity contribution in [2.75, 3.05) is 5.73 Å². The van der Waals surface area contributed by atoms with Gasteiger partial charge in [0.2, 0.25) is 0 Å². The third kappa shape index (κ3) is 2.37. The number of rotatable bonds is 3. The summed E-state index contributed by atoms with van der Waals surface area (Å²) in [4.78, 5) is 5.17. The van der Waals surface area contributed by atoms with Crippen LogP contribution in [0.5, 0.6) is 5.75 Å². The van der Waals surface area contributed by atoms with Gasteiger partial charge in [0.25, 0.3) is 5.89 Å². The number of phenols is 1. The van der Waals surface area contributed by atoms with Crippen LogP contribution in [0.25, 0.3) is 10.8 Å². The molecular formula is C14H13N3O2S. The normalized spacial score (nSPS) is 10.8. The lowest BCUT2D eigenvalue weighted by Crippen LogP contribution is -1.91. The number of aromatic hydroxyl groups is 1. The molecule has 2 aromatic heterocycles. The lowest BCUT2D eigenvalue weighted by atomic mass is 10.1. The van der Waals surface area contributed by atoms with E-state index in [9.17, 15) is 5.11 Å². The zero-order valence-electron chi connectivity index (χ0n) is 10.8. The average molecular weight is 287 g/mol. The molecule has 0 saturated carbocycles. The number of benzene rings is 1. The second-order valence-electron chi connectivity index (χ2n) is 4.52. The number of anilines is 1. The molecule has 5 nitrogen and oxygen atoms in total. The molecule has 0 amide bonds. The molecular weight excluding hydrogens is 274 g/mol. The van der Waals surface area contributed by atoms with Gasteiger partial charge in [-0.05, 0) is 35.6 Å². The minimum absolute atomic E-state index is 0.240. The molecule has 0 unspecified atom stereocenters. The van der Waals surface area contributed by atoms with Crippen molar-refractivity contribution in [3.8, 4) is 16.5 Å². The monoisotopic (exact) mass is 287 g/mol. The lowest BCUT2D eigenvalue weighted by molar-refractivity contribution is 0.425. The van der Waals surface area contributed by atoms with Crippen LogP contribution in [0.15, 0.2) is 34.2 Å². The van der Waals surface area contributed by atoms with Crippen LogP contribution in [0, 0.1) is 6.92 Å². The van der Waals surface area contributed by atoms with Crippen molar-refractivity contribution in [1.29, 1.82) is 0 Å². The molecule has 102 valence electrons. The predicted molar refractivity (Wildman–Crippen MR) is 77.7 cm³/mol. The van der Waals surface area contributed by atoms with Crippen LogP contribution in [0.2, 0.25) is 0 Å².